The summed E-state index contributed by atoms with van der Waals surface area (Å²) in [6.07, 6.45) is 0. The Morgan fingerprint density at radius 3 is 1.43 bits per heavy atom. The van der Waals surface area contributed by atoms with Crippen molar-refractivity contribution in [3.8, 4) is 39.1 Å². The molecule has 14 rings (SSSR count). The number of aromatic nitrogens is 1. The monoisotopic (exact) mass is 757 g/mol. The SMILES string of the molecule is c1ccc2c(c1)-c1ccccc1C21c2cc(-c3c4ccccc4cc4c5ccccc5c5ccccc5c34)ccc2-c2ccc(-n3c4ccccc4c4ccccc43)cc21. The standard InChI is InChI=1S/C59H35N/c1-2-16-39-36(15-1)33-50-42-19-4-3-17-40(42)41-18-5-6-24-49(41)58(50)57(39)37-29-31-45-46-32-30-38(60-55-27-13-9-22-47(55)48-23-10-14-28-56(48)60)35-54(46)59(53(45)34-37)51-25-11-7-20-43(51)44-21-8-12-26-52(44)59/h1-35H. The summed E-state index contributed by atoms with van der Waals surface area (Å²) in [5.74, 6) is 0. The summed E-state index contributed by atoms with van der Waals surface area (Å²) in [5, 5.41) is 12.9. The van der Waals surface area contributed by atoms with Gasteiger partial charge in [0.05, 0.1) is 16.4 Å². The molecule has 60 heavy (non-hydrogen) atoms. The zero-order valence-electron chi connectivity index (χ0n) is 32.7. The molecule has 0 atom stereocenters. The molecule has 1 heterocycles. The largest absolute Gasteiger partial charge is 0.309 e. The highest BCUT2D eigenvalue weighted by Crippen LogP contribution is 2.63. The van der Waals surface area contributed by atoms with Crippen LogP contribution in [0.2, 0.25) is 0 Å². The highest BCUT2D eigenvalue weighted by Gasteiger charge is 2.52. The van der Waals surface area contributed by atoms with Crippen molar-refractivity contribution in [1.29, 1.82) is 0 Å². The number of rotatable bonds is 2. The molecule has 0 N–H and O–H groups in total. The first-order valence-electron chi connectivity index (χ1n) is 21.0. The number of hydrogen-bond acceptors (Lipinski definition) is 0. The second-order valence-corrected chi connectivity index (χ2v) is 16.7. The van der Waals surface area contributed by atoms with Crippen LogP contribution in [0.25, 0.3) is 104 Å². The van der Waals surface area contributed by atoms with Gasteiger partial charge < -0.3 is 4.57 Å². The van der Waals surface area contributed by atoms with Crippen LogP contribution in [0.5, 0.6) is 0 Å². The Balaban J connectivity index is 1.12. The fourth-order valence-electron chi connectivity index (χ4n) is 11.7. The van der Waals surface area contributed by atoms with E-state index in [0.29, 0.717) is 0 Å². The normalized spacial score (nSPS) is 13.5. The summed E-state index contributed by atoms with van der Waals surface area (Å²) >= 11 is 0. The fraction of sp³-hybridized carbons (Fsp3) is 0.0169. The smallest absolute Gasteiger partial charge is 0.0726 e. The van der Waals surface area contributed by atoms with Crippen molar-refractivity contribution in [3.05, 3.63) is 235 Å². The second kappa shape index (κ2) is 11.7. The minimum absolute atomic E-state index is 0.516. The number of benzene rings is 11. The summed E-state index contributed by atoms with van der Waals surface area (Å²) < 4.78 is 2.47. The summed E-state index contributed by atoms with van der Waals surface area (Å²) in [4.78, 5) is 0. The second-order valence-electron chi connectivity index (χ2n) is 16.7. The van der Waals surface area contributed by atoms with Crippen molar-refractivity contribution in [1.82, 2.24) is 4.57 Å². The van der Waals surface area contributed by atoms with E-state index in [-0.39, 0.29) is 0 Å². The van der Waals surface area contributed by atoms with Gasteiger partial charge in [0.2, 0.25) is 0 Å². The Morgan fingerprint density at radius 1 is 0.300 bits per heavy atom. The fourth-order valence-corrected chi connectivity index (χ4v) is 11.7. The van der Waals surface area contributed by atoms with E-state index in [1.807, 2.05) is 0 Å². The maximum Gasteiger partial charge on any atom is 0.0726 e. The van der Waals surface area contributed by atoms with E-state index >= 15 is 0 Å². The molecule has 0 saturated carbocycles. The Bertz CT molecular complexity index is 3740. The Hall–Kier alpha value is -7.74. The lowest BCUT2D eigenvalue weighted by Gasteiger charge is -2.31. The summed E-state index contributed by atoms with van der Waals surface area (Å²) in [6.45, 7) is 0. The van der Waals surface area contributed by atoms with Gasteiger partial charge in [0.25, 0.3) is 0 Å². The van der Waals surface area contributed by atoms with Crippen LogP contribution in [0.4, 0.5) is 0 Å². The first-order chi connectivity index (χ1) is 29.8. The van der Waals surface area contributed by atoms with Crippen LogP contribution in [-0.2, 0) is 5.41 Å². The van der Waals surface area contributed by atoms with E-state index in [1.165, 1.54) is 126 Å². The van der Waals surface area contributed by atoms with Crippen molar-refractivity contribution in [2.45, 2.75) is 5.41 Å². The van der Waals surface area contributed by atoms with Gasteiger partial charge >= 0.3 is 0 Å². The lowest BCUT2D eigenvalue weighted by atomic mass is 9.70. The van der Waals surface area contributed by atoms with Crippen molar-refractivity contribution in [3.63, 3.8) is 0 Å². The molecule has 2 aliphatic rings. The van der Waals surface area contributed by atoms with Gasteiger partial charge in [-0.05, 0) is 135 Å². The van der Waals surface area contributed by atoms with Crippen LogP contribution >= 0.6 is 0 Å². The van der Waals surface area contributed by atoms with Crippen LogP contribution in [0.1, 0.15) is 22.3 Å². The third kappa shape index (κ3) is 3.97. The van der Waals surface area contributed by atoms with E-state index in [0.717, 1.165) is 0 Å². The van der Waals surface area contributed by atoms with Crippen molar-refractivity contribution in [2.24, 2.45) is 0 Å². The molecule has 0 bridgehead atoms. The predicted octanol–water partition coefficient (Wildman–Crippen LogP) is 15.4. The molecule has 12 aromatic rings. The quantitative estimate of drug-likeness (QED) is 0.122. The Kier molecular flexibility index (Phi) is 6.28. The average molecular weight is 758 g/mol. The minimum Gasteiger partial charge on any atom is -0.309 e. The molecule has 0 amide bonds. The van der Waals surface area contributed by atoms with Crippen LogP contribution < -0.4 is 0 Å². The third-order valence-electron chi connectivity index (χ3n) is 14.0. The third-order valence-corrected chi connectivity index (χ3v) is 14.0. The highest BCUT2D eigenvalue weighted by molar-refractivity contribution is 6.32. The van der Waals surface area contributed by atoms with E-state index in [4.69, 9.17) is 0 Å². The summed E-state index contributed by atoms with van der Waals surface area (Å²) in [6, 6.07) is 80.0. The van der Waals surface area contributed by atoms with E-state index < -0.39 is 5.41 Å². The first-order valence-corrected chi connectivity index (χ1v) is 21.0. The zero-order valence-corrected chi connectivity index (χ0v) is 32.7. The Labute approximate surface area is 347 Å². The molecule has 0 radical (unpaired) electrons. The molecule has 1 aromatic heterocycles. The molecule has 0 saturated heterocycles. The molecule has 0 aliphatic heterocycles. The molecule has 0 fully saturated rings. The molecular formula is C59H35N. The molecule has 11 aromatic carbocycles. The Morgan fingerprint density at radius 2 is 0.767 bits per heavy atom. The number of fused-ring (bicyclic) bond motifs is 20. The van der Waals surface area contributed by atoms with Crippen LogP contribution in [-0.4, -0.2) is 4.57 Å². The van der Waals surface area contributed by atoms with E-state index in [2.05, 4.69) is 217 Å². The van der Waals surface area contributed by atoms with Crippen molar-refractivity contribution < 1.29 is 0 Å². The van der Waals surface area contributed by atoms with Gasteiger partial charge in [-0.3, -0.25) is 0 Å². The summed E-state index contributed by atoms with van der Waals surface area (Å²) in [7, 11) is 0. The predicted molar refractivity (Wildman–Crippen MR) is 253 cm³/mol. The van der Waals surface area contributed by atoms with E-state index in [1.54, 1.807) is 0 Å². The van der Waals surface area contributed by atoms with E-state index in [9.17, 15) is 0 Å². The topological polar surface area (TPSA) is 4.93 Å². The zero-order chi connectivity index (χ0) is 39.1. The molecular weight excluding hydrogens is 723 g/mol. The van der Waals surface area contributed by atoms with Crippen molar-refractivity contribution >= 4 is 64.9 Å². The lowest BCUT2D eigenvalue weighted by molar-refractivity contribution is 0.793. The first kappa shape index (κ1) is 32.2. The molecule has 276 valence electrons. The van der Waals surface area contributed by atoms with Gasteiger partial charge in [-0.2, -0.15) is 0 Å². The summed E-state index contributed by atoms with van der Waals surface area (Å²) in [5.41, 5.74) is 16.3. The van der Waals surface area contributed by atoms with Gasteiger partial charge in [0.1, 0.15) is 0 Å². The van der Waals surface area contributed by atoms with Gasteiger partial charge in [-0.25, -0.2) is 0 Å². The molecule has 1 spiro atoms. The number of hydrogen-bond donors (Lipinski definition) is 0. The van der Waals surface area contributed by atoms with Gasteiger partial charge in [0, 0.05) is 16.5 Å². The number of para-hydroxylation sites is 2. The maximum absolute atomic E-state index is 2.57. The molecule has 0 unspecified atom stereocenters. The van der Waals surface area contributed by atoms with Gasteiger partial charge in [0.15, 0.2) is 0 Å². The van der Waals surface area contributed by atoms with Crippen LogP contribution in [0.3, 0.4) is 0 Å². The lowest BCUT2D eigenvalue weighted by Crippen LogP contribution is -2.26. The average Bonchev–Trinajstić information content (AvgIpc) is 3.92. The van der Waals surface area contributed by atoms with Crippen molar-refractivity contribution in [2.75, 3.05) is 0 Å². The molecule has 1 nitrogen and oxygen atoms in total. The van der Waals surface area contributed by atoms with Crippen LogP contribution in [0.15, 0.2) is 212 Å². The molecule has 1 heteroatoms. The van der Waals surface area contributed by atoms with Gasteiger partial charge in [-0.15, -0.1) is 0 Å². The highest BCUT2D eigenvalue weighted by atomic mass is 15.0. The maximum atomic E-state index is 2.57. The van der Waals surface area contributed by atoms with Gasteiger partial charge in [-0.1, -0.05) is 176 Å². The number of nitrogens with zero attached hydrogens (tertiary/aromatic N) is 1. The molecule has 2 aliphatic carbocycles. The minimum atomic E-state index is -0.516. The van der Waals surface area contributed by atoms with Crippen LogP contribution in [0, 0.1) is 0 Å².